The lowest BCUT2D eigenvalue weighted by atomic mass is 10.2. The van der Waals surface area contributed by atoms with Gasteiger partial charge in [-0.3, -0.25) is 4.68 Å². The van der Waals surface area contributed by atoms with Crippen LogP contribution in [0.3, 0.4) is 0 Å². The van der Waals surface area contributed by atoms with Crippen LogP contribution in [0.1, 0.15) is 19.5 Å². The zero-order valence-corrected chi connectivity index (χ0v) is 8.43. The normalized spacial score (nSPS) is 10.9. The van der Waals surface area contributed by atoms with Crippen molar-refractivity contribution in [3.63, 3.8) is 0 Å². The van der Waals surface area contributed by atoms with Crippen molar-refractivity contribution in [2.45, 2.75) is 25.7 Å². The maximum Gasteiger partial charge on any atom is 0.0729 e. The van der Waals surface area contributed by atoms with Gasteiger partial charge in [-0.1, -0.05) is 29.8 Å². The van der Waals surface area contributed by atoms with Gasteiger partial charge in [-0.2, -0.15) is 5.10 Å². The van der Waals surface area contributed by atoms with Crippen LogP contribution in [-0.2, 0) is 11.9 Å². The first-order valence-electron chi connectivity index (χ1n) is 3.59. The van der Waals surface area contributed by atoms with E-state index in [9.17, 15) is 0 Å². The van der Waals surface area contributed by atoms with Crippen molar-refractivity contribution < 1.29 is 0 Å². The van der Waals surface area contributed by atoms with E-state index in [4.69, 9.17) is 0 Å². The summed E-state index contributed by atoms with van der Waals surface area (Å²) >= 11 is 3.35. The molecule has 0 bridgehead atoms. The molecule has 1 aromatic heterocycles. The van der Waals surface area contributed by atoms with Crippen molar-refractivity contribution >= 4 is 15.9 Å². The SMILES string of the molecule is C[C](C)Cn1ccc(CBr)n1. The van der Waals surface area contributed by atoms with Gasteiger partial charge in [0.2, 0.25) is 0 Å². The molecule has 2 nitrogen and oxygen atoms in total. The second kappa shape index (κ2) is 3.90. The molecule has 0 unspecified atom stereocenters. The van der Waals surface area contributed by atoms with Crippen LogP contribution in [0.2, 0.25) is 0 Å². The predicted octanol–water partition coefficient (Wildman–Crippen LogP) is 2.39. The quantitative estimate of drug-likeness (QED) is 0.709. The van der Waals surface area contributed by atoms with Crippen molar-refractivity contribution in [3.8, 4) is 0 Å². The third-order valence-electron chi connectivity index (χ3n) is 1.31. The fourth-order valence-corrected chi connectivity index (χ4v) is 1.19. The Labute approximate surface area is 75.7 Å². The van der Waals surface area contributed by atoms with Crippen LogP contribution in [0.5, 0.6) is 0 Å². The first-order chi connectivity index (χ1) is 5.22. The molecule has 11 heavy (non-hydrogen) atoms. The summed E-state index contributed by atoms with van der Waals surface area (Å²) in [5.74, 6) is 1.37. The maximum absolute atomic E-state index is 4.32. The minimum absolute atomic E-state index is 0.836. The fourth-order valence-electron chi connectivity index (χ4n) is 0.887. The summed E-state index contributed by atoms with van der Waals surface area (Å²) in [5.41, 5.74) is 1.09. The predicted molar refractivity (Wildman–Crippen MR) is 49.4 cm³/mol. The molecular weight excluding hydrogens is 204 g/mol. The molecule has 0 aliphatic carbocycles. The molecule has 0 spiro atoms. The summed E-state index contributed by atoms with van der Waals surface area (Å²) in [6, 6.07) is 2.03. The van der Waals surface area contributed by atoms with Gasteiger partial charge in [-0.15, -0.1) is 0 Å². The zero-order chi connectivity index (χ0) is 8.27. The van der Waals surface area contributed by atoms with Gasteiger partial charge in [0.1, 0.15) is 0 Å². The minimum Gasteiger partial charge on any atom is -0.272 e. The molecule has 1 aromatic rings. The van der Waals surface area contributed by atoms with Crippen molar-refractivity contribution in [1.29, 1.82) is 0 Å². The smallest absolute Gasteiger partial charge is 0.0729 e. The highest BCUT2D eigenvalue weighted by Crippen LogP contribution is 2.04. The highest BCUT2D eigenvalue weighted by atomic mass is 79.9. The van der Waals surface area contributed by atoms with E-state index in [2.05, 4.69) is 34.9 Å². The summed E-state index contributed by atoms with van der Waals surface area (Å²) < 4.78 is 1.95. The molecule has 0 aromatic carbocycles. The van der Waals surface area contributed by atoms with Gasteiger partial charge in [0.05, 0.1) is 5.69 Å². The van der Waals surface area contributed by atoms with Gasteiger partial charge in [0.25, 0.3) is 0 Å². The number of nitrogens with zero attached hydrogens (tertiary/aromatic N) is 2. The molecule has 0 aliphatic rings. The lowest BCUT2D eigenvalue weighted by Gasteiger charge is -2.02. The molecule has 0 saturated carbocycles. The Morgan fingerprint density at radius 1 is 1.64 bits per heavy atom. The lowest BCUT2D eigenvalue weighted by molar-refractivity contribution is 0.623. The highest BCUT2D eigenvalue weighted by molar-refractivity contribution is 9.08. The molecule has 0 saturated heterocycles. The second-order valence-electron chi connectivity index (χ2n) is 2.85. The van der Waals surface area contributed by atoms with Crippen LogP contribution in [-0.4, -0.2) is 9.78 Å². The van der Waals surface area contributed by atoms with Gasteiger partial charge >= 0.3 is 0 Å². The lowest BCUT2D eigenvalue weighted by Crippen LogP contribution is -2.03. The fraction of sp³-hybridized carbons (Fsp3) is 0.500. The zero-order valence-electron chi connectivity index (χ0n) is 6.84. The molecule has 0 amide bonds. The average Bonchev–Trinajstić information content (AvgIpc) is 2.34. The molecule has 0 N–H and O–H groups in total. The van der Waals surface area contributed by atoms with Crippen LogP contribution >= 0.6 is 15.9 Å². The maximum atomic E-state index is 4.32. The van der Waals surface area contributed by atoms with E-state index in [1.165, 1.54) is 5.92 Å². The van der Waals surface area contributed by atoms with Crippen molar-refractivity contribution in [2.75, 3.05) is 0 Å². The molecule has 0 atom stereocenters. The van der Waals surface area contributed by atoms with E-state index < -0.39 is 0 Å². The molecule has 0 aliphatic heterocycles. The first kappa shape index (κ1) is 8.78. The van der Waals surface area contributed by atoms with Crippen LogP contribution in [0, 0.1) is 5.92 Å². The van der Waals surface area contributed by atoms with E-state index in [0.29, 0.717) is 0 Å². The van der Waals surface area contributed by atoms with E-state index in [1.54, 1.807) is 0 Å². The molecule has 3 heteroatoms. The Morgan fingerprint density at radius 3 is 2.82 bits per heavy atom. The van der Waals surface area contributed by atoms with E-state index >= 15 is 0 Å². The van der Waals surface area contributed by atoms with Crippen molar-refractivity contribution in [3.05, 3.63) is 23.9 Å². The number of aromatic nitrogens is 2. The monoisotopic (exact) mass is 215 g/mol. The third kappa shape index (κ3) is 2.66. The summed E-state index contributed by atoms with van der Waals surface area (Å²) in [6.45, 7) is 5.14. The largest absolute Gasteiger partial charge is 0.272 e. The van der Waals surface area contributed by atoms with Gasteiger partial charge in [-0.25, -0.2) is 0 Å². The first-order valence-corrected chi connectivity index (χ1v) is 4.72. The average molecular weight is 216 g/mol. The third-order valence-corrected chi connectivity index (χ3v) is 1.89. The molecule has 1 radical (unpaired) electrons. The van der Waals surface area contributed by atoms with Crippen molar-refractivity contribution in [2.24, 2.45) is 0 Å². The van der Waals surface area contributed by atoms with Crippen LogP contribution in [0.15, 0.2) is 12.3 Å². The number of hydrogen-bond donors (Lipinski definition) is 0. The molecular formula is C8H12BrN2. The summed E-state index contributed by atoms with van der Waals surface area (Å²) in [4.78, 5) is 0. The minimum atomic E-state index is 0.836. The van der Waals surface area contributed by atoms with Gasteiger partial charge in [0, 0.05) is 18.1 Å². The molecule has 1 rings (SSSR count). The standard InChI is InChI=1S/C8H12BrN2/c1-7(2)6-11-4-3-8(5-9)10-11/h3-4H,5-6H2,1-2H3. The Morgan fingerprint density at radius 2 is 2.36 bits per heavy atom. The van der Waals surface area contributed by atoms with Crippen LogP contribution < -0.4 is 0 Å². The summed E-state index contributed by atoms with van der Waals surface area (Å²) in [6.07, 6.45) is 2.00. The number of hydrogen-bond acceptors (Lipinski definition) is 1. The van der Waals surface area contributed by atoms with Gasteiger partial charge in [-0.05, 0) is 12.0 Å². The number of alkyl halides is 1. The van der Waals surface area contributed by atoms with Gasteiger partial charge < -0.3 is 0 Å². The second-order valence-corrected chi connectivity index (χ2v) is 3.41. The number of rotatable bonds is 3. The van der Waals surface area contributed by atoms with Gasteiger partial charge in [0.15, 0.2) is 0 Å². The van der Waals surface area contributed by atoms with Crippen LogP contribution in [0.4, 0.5) is 0 Å². The summed E-state index contributed by atoms with van der Waals surface area (Å²) in [5, 5.41) is 5.15. The van der Waals surface area contributed by atoms with Crippen LogP contribution in [0.25, 0.3) is 0 Å². The van der Waals surface area contributed by atoms with E-state index in [-0.39, 0.29) is 0 Å². The van der Waals surface area contributed by atoms with E-state index in [0.717, 1.165) is 17.6 Å². The molecule has 61 valence electrons. The topological polar surface area (TPSA) is 17.8 Å². The molecule has 1 heterocycles. The van der Waals surface area contributed by atoms with Crippen molar-refractivity contribution in [1.82, 2.24) is 9.78 Å². The Bertz CT molecular complexity index is 218. The Kier molecular flexibility index (Phi) is 3.12. The summed E-state index contributed by atoms with van der Waals surface area (Å²) in [7, 11) is 0. The Balaban J connectivity index is 2.58. The van der Waals surface area contributed by atoms with E-state index in [1.807, 2.05) is 16.9 Å². The number of halogens is 1. The highest BCUT2D eigenvalue weighted by Gasteiger charge is 1.98. The Hall–Kier alpha value is -0.310. The molecule has 0 fully saturated rings.